The lowest BCUT2D eigenvalue weighted by atomic mass is 9.96. The fraction of sp³-hybridized carbons (Fsp3) is 0.0952. The van der Waals surface area contributed by atoms with Gasteiger partial charge in [0.2, 0.25) is 0 Å². The van der Waals surface area contributed by atoms with Crippen LogP contribution in [0.5, 0.6) is 11.5 Å². The van der Waals surface area contributed by atoms with Crippen LogP contribution >= 0.6 is 0 Å². The molecule has 0 fully saturated rings. The van der Waals surface area contributed by atoms with Crippen LogP contribution in [0.4, 0.5) is 0 Å². The second-order valence-electron chi connectivity index (χ2n) is 6.23. The van der Waals surface area contributed by atoms with Gasteiger partial charge in [-0.3, -0.25) is 4.79 Å². The highest BCUT2D eigenvalue weighted by Crippen LogP contribution is 2.41. The second kappa shape index (κ2) is 6.59. The molecule has 0 radical (unpaired) electrons. The van der Waals surface area contributed by atoms with Crippen LogP contribution in [0.15, 0.2) is 53.3 Å². The molecule has 2 aromatic carbocycles. The summed E-state index contributed by atoms with van der Waals surface area (Å²) in [7, 11) is 1.44. The van der Waals surface area contributed by atoms with Crippen molar-refractivity contribution in [1.29, 1.82) is 5.26 Å². The van der Waals surface area contributed by atoms with Crippen molar-refractivity contribution >= 4 is 11.0 Å². The lowest BCUT2D eigenvalue weighted by Crippen LogP contribution is -2.13. The maximum atomic E-state index is 12.7. The number of benzene rings is 2. The highest BCUT2D eigenvalue weighted by Gasteiger charge is 2.23. The molecule has 0 amide bonds. The molecular formula is C21H16N4O3. The minimum absolute atomic E-state index is 0.0910. The number of nitrogens with one attached hydrogen (secondary N) is 1. The number of aromatic nitrogens is 3. The van der Waals surface area contributed by atoms with Gasteiger partial charge in [-0.15, -0.1) is 0 Å². The average molecular weight is 372 g/mol. The molecule has 2 N–H and O–H groups in total. The third kappa shape index (κ3) is 2.51. The Morgan fingerprint density at radius 2 is 1.93 bits per heavy atom. The molecule has 0 unspecified atom stereocenters. The van der Waals surface area contributed by atoms with E-state index in [2.05, 4.69) is 10.1 Å². The van der Waals surface area contributed by atoms with Gasteiger partial charge in [0.1, 0.15) is 17.3 Å². The Hall–Kier alpha value is -4.05. The molecule has 28 heavy (non-hydrogen) atoms. The van der Waals surface area contributed by atoms with Gasteiger partial charge in [-0.1, -0.05) is 30.3 Å². The van der Waals surface area contributed by atoms with Crippen molar-refractivity contribution in [3.63, 3.8) is 0 Å². The Bertz CT molecular complexity index is 1300. The van der Waals surface area contributed by atoms with Crippen molar-refractivity contribution in [3.05, 3.63) is 70.1 Å². The fourth-order valence-electron chi connectivity index (χ4n) is 3.37. The van der Waals surface area contributed by atoms with Crippen LogP contribution in [0.25, 0.3) is 27.8 Å². The molecule has 0 aliphatic heterocycles. The van der Waals surface area contributed by atoms with E-state index in [0.29, 0.717) is 27.9 Å². The van der Waals surface area contributed by atoms with E-state index in [-0.39, 0.29) is 17.1 Å². The number of aromatic amines is 1. The van der Waals surface area contributed by atoms with Gasteiger partial charge in [-0.25, -0.2) is 4.68 Å². The number of para-hydroxylation sites is 2. The topological polar surface area (TPSA) is 104 Å². The molecule has 138 valence electrons. The number of phenols is 1. The highest BCUT2D eigenvalue weighted by molar-refractivity contribution is 6.00. The molecule has 0 aliphatic rings. The first-order valence-corrected chi connectivity index (χ1v) is 8.54. The van der Waals surface area contributed by atoms with Gasteiger partial charge < -0.3 is 14.8 Å². The molecule has 0 bridgehead atoms. The first kappa shape index (κ1) is 17.4. The zero-order valence-corrected chi connectivity index (χ0v) is 15.2. The molecule has 0 atom stereocenters. The van der Waals surface area contributed by atoms with Crippen LogP contribution in [-0.2, 0) is 0 Å². The quantitative estimate of drug-likeness (QED) is 0.574. The summed E-state index contributed by atoms with van der Waals surface area (Å²) in [6.45, 7) is 1.79. The van der Waals surface area contributed by atoms with Crippen molar-refractivity contribution in [2.24, 2.45) is 0 Å². The number of hydrogen-bond acceptors (Lipinski definition) is 5. The van der Waals surface area contributed by atoms with Gasteiger partial charge in [0.05, 0.1) is 18.5 Å². The maximum absolute atomic E-state index is 12.7. The Morgan fingerprint density at radius 3 is 2.61 bits per heavy atom. The third-order valence-corrected chi connectivity index (χ3v) is 4.62. The van der Waals surface area contributed by atoms with Crippen LogP contribution in [-0.4, -0.2) is 27.0 Å². The van der Waals surface area contributed by atoms with Gasteiger partial charge in [0.15, 0.2) is 11.5 Å². The summed E-state index contributed by atoms with van der Waals surface area (Å²) < 4.78 is 6.81. The largest absolute Gasteiger partial charge is 0.504 e. The predicted octanol–water partition coefficient (Wildman–Crippen LogP) is 3.28. The Morgan fingerprint density at radius 1 is 1.18 bits per heavy atom. The number of methoxy groups -OCH3 is 1. The Balaban J connectivity index is 2.17. The van der Waals surface area contributed by atoms with Gasteiger partial charge in [0.25, 0.3) is 5.56 Å². The number of ether oxygens (including phenoxy) is 1. The lowest BCUT2D eigenvalue weighted by molar-refractivity contribution is 0.374. The van der Waals surface area contributed by atoms with E-state index in [1.54, 1.807) is 29.8 Å². The van der Waals surface area contributed by atoms with Crippen LogP contribution in [0.1, 0.15) is 11.3 Å². The number of aromatic hydroxyl groups is 1. The molecule has 0 saturated heterocycles. The number of aryl methyl sites for hydroxylation is 1. The monoisotopic (exact) mass is 372 g/mol. The predicted molar refractivity (Wildman–Crippen MR) is 105 cm³/mol. The molecule has 0 spiro atoms. The Kier molecular flexibility index (Phi) is 4.09. The standard InChI is InChI=1S/C21H16N4O3/c1-12-17-18(14-9-6-10-16(28-2)19(14)26)15(11-22)21(27)23-20(17)25(24-12)13-7-4-3-5-8-13/h3-10,26H,1-2H3,(H,23,27). The van der Waals surface area contributed by atoms with Crippen LogP contribution in [0.2, 0.25) is 0 Å². The normalized spacial score (nSPS) is 10.8. The van der Waals surface area contributed by atoms with E-state index in [1.807, 2.05) is 36.4 Å². The number of rotatable bonds is 3. The van der Waals surface area contributed by atoms with E-state index in [9.17, 15) is 15.2 Å². The van der Waals surface area contributed by atoms with E-state index in [1.165, 1.54) is 7.11 Å². The fourth-order valence-corrected chi connectivity index (χ4v) is 3.37. The van der Waals surface area contributed by atoms with Gasteiger partial charge in [-0.2, -0.15) is 10.4 Å². The molecule has 7 nitrogen and oxygen atoms in total. The van der Waals surface area contributed by atoms with Crippen molar-refractivity contribution in [2.75, 3.05) is 7.11 Å². The van der Waals surface area contributed by atoms with Gasteiger partial charge in [0, 0.05) is 16.5 Å². The summed E-state index contributed by atoms with van der Waals surface area (Å²) in [5.41, 5.74) is 1.85. The van der Waals surface area contributed by atoms with Crippen LogP contribution < -0.4 is 10.3 Å². The zero-order chi connectivity index (χ0) is 19.8. The minimum atomic E-state index is -0.552. The molecule has 2 aromatic heterocycles. The van der Waals surface area contributed by atoms with Gasteiger partial charge >= 0.3 is 0 Å². The first-order chi connectivity index (χ1) is 13.6. The SMILES string of the molecule is COc1cccc(-c2c(C#N)c(=O)[nH]c3c2c(C)nn3-c2ccccc2)c1O. The average Bonchev–Trinajstić information content (AvgIpc) is 3.04. The number of fused-ring (bicyclic) bond motifs is 1. The number of pyridine rings is 1. The summed E-state index contributed by atoms with van der Waals surface area (Å²) in [6.07, 6.45) is 0. The van der Waals surface area contributed by atoms with E-state index >= 15 is 0 Å². The molecule has 4 rings (SSSR count). The van der Waals surface area contributed by atoms with Gasteiger partial charge in [-0.05, 0) is 25.1 Å². The number of nitriles is 1. The van der Waals surface area contributed by atoms with E-state index < -0.39 is 5.56 Å². The van der Waals surface area contributed by atoms with Crippen molar-refractivity contribution in [1.82, 2.24) is 14.8 Å². The maximum Gasteiger partial charge on any atom is 0.268 e. The number of H-pyrrole nitrogens is 1. The first-order valence-electron chi connectivity index (χ1n) is 8.54. The Labute approximate surface area is 160 Å². The highest BCUT2D eigenvalue weighted by atomic mass is 16.5. The summed E-state index contributed by atoms with van der Waals surface area (Å²) in [4.78, 5) is 15.4. The summed E-state index contributed by atoms with van der Waals surface area (Å²) in [5, 5.41) is 25.4. The summed E-state index contributed by atoms with van der Waals surface area (Å²) in [6, 6.07) is 16.3. The van der Waals surface area contributed by atoms with Crippen LogP contribution in [0.3, 0.4) is 0 Å². The van der Waals surface area contributed by atoms with Crippen molar-refractivity contribution in [3.8, 4) is 34.4 Å². The molecule has 0 aliphatic carbocycles. The van der Waals surface area contributed by atoms with Crippen molar-refractivity contribution < 1.29 is 9.84 Å². The van der Waals surface area contributed by atoms with E-state index in [4.69, 9.17) is 4.74 Å². The second-order valence-corrected chi connectivity index (χ2v) is 6.23. The minimum Gasteiger partial charge on any atom is -0.504 e. The molecule has 4 aromatic rings. The molecule has 7 heteroatoms. The molecule has 0 saturated carbocycles. The van der Waals surface area contributed by atoms with Crippen molar-refractivity contribution in [2.45, 2.75) is 6.92 Å². The van der Waals surface area contributed by atoms with E-state index in [0.717, 1.165) is 5.69 Å². The molecule has 2 heterocycles. The number of hydrogen-bond donors (Lipinski definition) is 2. The molecular weight excluding hydrogens is 356 g/mol. The zero-order valence-electron chi connectivity index (χ0n) is 15.2. The summed E-state index contributed by atoms with van der Waals surface area (Å²) in [5.74, 6) is 0.114. The number of phenolic OH excluding ortho intramolecular Hbond substituents is 1. The third-order valence-electron chi connectivity index (χ3n) is 4.62. The number of nitrogens with zero attached hydrogens (tertiary/aromatic N) is 3. The summed E-state index contributed by atoms with van der Waals surface area (Å²) >= 11 is 0. The smallest absolute Gasteiger partial charge is 0.268 e. The lowest BCUT2D eigenvalue weighted by Gasteiger charge is -2.12. The van der Waals surface area contributed by atoms with Crippen LogP contribution in [0, 0.1) is 18.3 Å².